The van der Waals surface area contributed by atoms with Crippen molar-refractivity contribution in [3.63, 3.8) is 0 Å². The van der Waals surface area contributed by atoms with Crippen LogP contribution in [-0.2, 0) is 16.2 Å². The molecule has 53 heavy (non-hydrogen) atoms. The lowest BCUT2D eigenvalue weighted by molar-refractivity contribution is 0.649. The Morgan fingerprint density at radius 3 is 1.04 bits per heavy atom. The lowest BCUT2D eigenvalue weighted by atomic mass is 9.78. The second kappa shape index (κ2) is 10.1. The van der Waals surface area contributed by atoms with Gasteiger partial charge in [-0.05, 0) is 136 Å². The monoisotopic (exact) mass is 682 g/mol. The number of rotatable bonds is 2. The van der Waals surface area contributed by atoms with Gasteiger partial charge in [-0.2, -0.15) is 0 Å². The zero-order valence-corrected chi connectivity index (χ0v) is 30.8. The van der Waals surface area contributed by atoms with Crippen molar-refractivity contribution in [1.82, 2.24) is 19.9 Å². The van der Waals surface area contributed by atoms with Crippen LogP contribution in [0.15, 0.2) is 122 Å². The molecule has 0 radical (unpaired) electrons. The summed E-state index contributed by atoms with van der Waals surface area (Å²) in [4.78, 5) is 17.5. The number of nitrogens with zero attached hydrogens (tertiary/aromatic N) is 4. The van der Waals surface area contributed by atoms with E-state index >= 15 is 0 Å². The van der Waals surface area contributed by atoms with Gasteiger partial charge < -0.3 is 0 Å². The van der Waals surface area contributed by atoms with Crippen LogP contribution in [-0.4, -0.2) is 19.9 Å². The topological polar surface area (TPSA) is 51.6 Å². The molecule has 0 unspecified atom stereocenters. The van der Waals surface area contributed by atoms with Gasteiger partial charge in [-0.15, -0.1) is 0 Å². The van der Waals surface area contributed by atoms with Crippen LogP contribution in [0.4, 0.5) is 0 Å². The quantitative estimate of drug-likeness (QED) is 0.182. The maximum absolute atomic E-state index is 4.38. The summed E-state index contributed by atoms with van der Waals surface area (Å²) >= 11 is 0. The zero-order valence-electron chi connectivity index (χ0n) is 30.8. The largest absolute Gasteiger partial charge is 0.244 e. The first-order valence-corrected chi connectivity index (χ1v) is 18.6. The molecule has 11 rings (SSSR count). The Kier molecular flexibility index (Phi) is 5.84. The fraction of sp³-hybridized carbons (Fsp3) is 0.184. The van der Waals surface area contributed by atoms with E-state index in [1.54, 1.807) is 12.7 Å². The van der Waals surface area contributed by atoms with E-state index in [9.17, 15) is 0 Å². The van der Waals surface area contributed by atoms with E-state index in [4.69, 9.17) is 0 Å². The lowest BCUT2D eigenvalue weighted by Crippen LogP contribution is -2.17. The predicted molar refractivity (Wildman–Crippen MR) is 216 cm³/mol. The maximum Gasteiger partial charge on any atom is 0.115 e. The molecule has 4 nitrogen and oxygen atoms in total. The minimum atomic E-state index is -0.191. The standard InChI is InChI=1S/C49H38N4/c1-47(2)39-19-37-41(48(3,4)43-15-33(27-21-50-25-51-22-27)29-11-7-9-13-31(29)45(37)43)17-35(39)36-18-42-38(20-40(36)47)46-32-14-10-8-12-30(32)34(16-44(46)49(42,5)6)28-23-52-26-53-24-28/h7-26H,1-6H3. The molecular formula is C49H38N4. The number of hydrogen-bond acceptors (Lipinski definition) is 4. The molecule has 0 saturated carbocycles. The smallest absolute Gasteiger partial charge is 0.115 e. The van der Waals surface area contributed by atoms with E-state index < -0.39 is 0 Å². The van der Waals surface area contributed by atoms with Crippen molar-refractivity contribution >= 4 is 21.5 Å². The average molecular weight is 683 g/mol. The summed E-state index contributed by atoms with van der Waals surface area (Å²) in [5, 5.41) is 5.05. The van der Waals surface area contributed by atoms with Gasteiger partial charge in [0, 0.05) is 52.2 Å². The molecule has 0 amide bonds. The highest BCUT2D eigenvalue weighted by Crippen LogP contribution is 2.61. The van der Waals surface area contributed by atoms with Crippen LogP contribution >= 0.6 is 0 Å². The average Bonchev–Trinajstić information content (AvgIpc) is 3.65. The van der Waals surface area contributed by atoms with Crippen molar-refractivity contribution in [1.29, 1.82) is 0 Å². The third-order valence-electron chi connectivity index (χ3n) is 13.0. The van der Waals surface area contributed by atoms with Crippen LogP contribution in [0.2, 0.25) is 0 Å². The highest BCUT2D eigenvalue weighted by atomic mass is 14.8. The Bertz CT molecular complexity index is 2700. The molecule has 0 spiro atoms. The molecule has 254 valence electrons. The highest BCUT2D eigenvalue weighted by Gasteiger charge is 2.45. The molecule has 2 heterocycles. The Hall–Kier alpha value is -6.00. The van der Waals surface area contributed by atoms with Crippen LogP contribution in [0, 0.1) is 0 Å². The molecular weight excluding hydrogens is 645 g/mol. The third kappa shape index (κ3) is 3.85. The first-order chi connectivity index (χ1) is 25.6. The Balaban J connectivity index is 1.14. The molecule has 0 atom stereocenters. The second-order valence-electron chi connectivity index (χ2n) is 16.8. The Morgan fingerprint density at radius 2 is 0.642 bits per heavy atom. The van der Waals surface area contributed by atoms with Crippen molar-refractivity contribution in [2.24, 2.45) is 0 Å². The lowest BCUT2D eigenvalue weighted by Gasteiger charge is -2.25. The van der Waals surface area contributed by atoms with Gasteiger partial charge in [0.2, 0.25) is 0 Å². The van der Waals surface area contributed by atoms with Gasteiger partial charge in [0.1, 0.15) is 12.7 Å². The van der Waals surface area contributed by atoms with Gasteiger partial charge in [-0.25, -0.2) is 19.9 Å². The van der Waals surface area contributed by atoms with Crippen LogP contribution in [0.1, 0.15) is 74.9 Å². The van der Waals surface area contributed by atoms with Crippen molar-refractivity contribution in [3.8, 4) is 55.6 Å². The van der Waals surface area contributed by atoms with Gasteiger partial charge in [0.25, 0.3) is 0 Å². The van der Waals surface area contributed by atoms with Crippen molar-refractivity contribution in [3.05, 3.63) is 156 Å². The predicted octanol–water partition coefficient (Wildman–Crippen LogP) is 11.8. The van der Waals surface area contributed by atoms with Crippen LogP contribution in [0.25, 0.3) is 77.2 Å². The highest BCUT2D eigenvalue weighted by molar-refractivity contribution is 6.11. The summed E-state index contributed by atoms with van der Waals surface area (Å²) in [6, 6.07) is 32.7. The van der Waals surface area contributed by atoms with E-state index in [1.165, 1.54) is 99.4 Å². The molecule has 0 aliphatic heterocycles. The molecule has 0 N–H and O–H groups in total. The molecule has 6 aromatic carbocycles. The van der Waals surface area contributed by atoms with E-state index in [0.717, 1.165) is 11.1 Å². The zero-order chi connectivity index (χ0) is 36.0. The molecule has 0 fully saturated rings. The summed E-state index contributed by atoms with van der Waals surface area (Å²) in [7, 11) is 0. The van der Waals surface area contributed by atoms with E-state index in [0.29, 0.717) is 0 Å². The van der Waals surface area contributed by atoms with Crippen LogP contribution in [0.3, 0.4) is 0 Å². The molecule has 4 heteroatoms. The maximum atomic E-state index is 4.38. The molecule has 3 aliphatic carbocycles. The van der Waals surface area contributed by atoms with Crippen LogP contribution < -0.4 is 0 Å². The number of benzene rings is 6. The second-order valence-corrected chi connectivity index (χ2v) is 16.8. The fourth-order valence-corrected chi connectivity index (χ4v) is 10.2. The first-order valence-electron chi connectivity index (χ1n) is 18.6. The molecule has 8 aromatic rings. The number of fused-ring (bicyclic) bond motifs is 13. The number of aromatic nitrogens is 4. The SMILES string of the molecule is CC1(C)c2cc3c(cc2-c2cc4c(cc21)-c1c(cc(-c2cncnc2)c2ccccc12)C4(C)C)C(C)(C)c1cc(-c2cncnc2)c2ccccc2c1-3. The molecule has 0 bridgehead atoms. The van der Waals surface area contributed by atoms with Gasteiger partial charge in [0.15, 0.2) is 0 Å². The molecule has 2 aromatic heterocycles. The normalized spacial score (nSPS) is 16.2. The van der Waals surface area contributed by atoms with Gasteiger partial charge in [-0.3, -0.25) is 0 Å². The number of hydrogen-bond donors (Lipinski definition) is 0. The summed E-state index contributed by atoms with van der Waals surface area (Å²) in [6.45, 7) is 14.4. The minimum absolute atomic E-state index is 0.178. The summed E-state index contributed by atoms with van der Waals surface area (Å²) in [5.74, 6) is 0. The molecule has 3 aliphatic rings. The minimum Gasteiger partial charge on any atom is -0.244 e. The Labute approximate surface area is 309 Å². The third-order valence-corrected chi connectivity index (χ3v) is 13.0. The van der Waals surface area contributed by atoms with Crippen molar-refractivity contribution < 1.29 is 0 Å². The van der Waals surface area contributed by atoms with Crippen molar-refractivity contribution in [2.75, 3.05) is 0 Å². The first kappa shape index (κ1) is 30.6. The van der Waals surface area contributed by atoms with Gasteiger partial charge >= 0.3 is 0 Å². The summed E-state index contributed by atoms with van der Waals surface area (Å²) in [5.41, 5.74) is 20.4. The van der Waals surface area contributed by atoms with E-state index in [1.807, 2.05) is 24.8 Å². The van der Waals surface area contributed by atoms with E-state index in [-0.39, 0.29) is 16.2 Å². The van der Waals surface area contributed by atoms with E-state index in [2.05, 4.69) is 146 Å². The van der Waals surface area contributed by atoms with Crippen molar-refractivity contribution in [2.45, 2.75) is 57.8 Å². The Morgan fingerprint density at radius 1 is 0.340 bits per heavy atom. The fourth-order valence-electron chi connectivity index (χ4n) is 10.2. The van der Waals surface area contributed by atoms with Gasteiger partial charge in [-0.1, -0.05) is 90.1 Å². The summed E-state index contributed by atoms with van der Waals surface area (Å²) < 4.78 is 0. The van der Waals surface area contributed by atoms with Crippen LogP contribution in [0.5, 0.6) is 0 Å². The van der Waals surface area contributed by atoms with Gasteiger partial charge in [0.05, 0.1) is 0 Å². The summed E-state index contributed by atoms with van der Waals surface area (Å²) in [6.07, 6.45) is 10.9. The molecule has 0 saturated heterocycles.